The zero-order chi connectivity index (χ0) is 17.8. The van der Waals surface area contributed by atoms with Gasteiger partial charge in [0.25, 0.3) is 11.7 Å². The molecule has 0 spiro atoms. The molecule has 0 aliphatic carbocycles. The Morgan fingerprint density at radius 2 is 1.88 bits per heavy atom. The molecule has 2 aliphatic heterocycles. The van der Waals surface area contributed by atoms with Gasteiger partial charge in [0.05, 0.1) is 12.2 Å². The van der Waals surface area contributed by atoms with E-state index in [9.17, 15) is 4.79 Å². The van der Waals surface area contributed by atoms with E-state index in [1.165, 1.54) is 4.90 Å². The number of hydrazone groups is 1. The molecule has 2 aromatic rings. The number of hydrogen-bond donors (Lipinski definition) is 1. The molecule has 6 heteroatoms. The van der Waals surface area contributed by atoms with Gasteiger partial charge in [-0.1, -0.05) is 36.4 Å². The van der Waals surface area contributed by atoms with Crippen LogP contribution in [0.25, 0.3) is 0 Å². The number of aromatic amines is 1. The third kappa shape index (κ3) is 3.60. The highest BCUT2D eigenvalue weighted by Crippen LogP contribution is 2.27. The van der Waals surface area contributed by atoms with Crippen molar-refractivity contribution < 1.29 is 14.7 Å². The number of quaternary nitrogens is 1. The molecule has 0 unspecified atom stereocenters. The van der Waals surface area contributed by atoms with Gasteiger partial charge in [0.2, 0.25) is 0 Å². The fourth-order valence-corrected chi connectivity index (χ4v) is 3.72. The molecule has 134 valence electrons. The predicted octanol–water partition coefficient (Wildman–Crippen LogP) is 0.165. The van der Waals surface area contributed by atoms with Gasteiger partial charge < -0.3 is 4.90 Å². The van der Waals surface area contributed by atoms with E-state index in [4.69, 9.17) is 0 Å². The molecule has 1 aromatic heterocycles. The molecule has 0 radical (unpaired) electrons. The number of carbonyl (C=O) groups is 1. The van der Waals surface area contributed by atoms with Gasteiger partial charge in [-0.25, -0.2) is 9.99 Å². The number of pyridine rings is 1. The summed E-state index contributed by atoms with van der Waals surface area (Å²) in [4.78, 5) is 19.8. The molecule has 6 nitrogen and oxygen atoms in total. The number of piperazine rings is 1. The summed E-state index contributed by atoms with van der Waals surface area (Å²) >= 11 is 0. The first-order valence-corrected chi connectivity index (χ1v) is 9.26. The van der Waals surface area contributed by atoms with Crippen LogP contribution >= 0.6 is 0 Å². The first-order chi connectivity index (χ1) is 12.8. The van der Waals surface area contributed by atoms with E-state index in [0.717, 1.165) is 44.0 Å². The number of hydrogen-bond acceptors (Lipinski definition) is 3. The second-order valence-corrected chi connectivity index (χ2v) is 6.86. The summed E-state index contributed by atoms with van der Waals surface area (Å²) in [5, 5.41) is 6.03. The van der Waals surface area contributed by atoms with Crippen molar-refractivity contribution >= 4 is 17.9 Å². The highest BCUT2D eigenvalue weighted by atomic mass is 16.2. The lowest BCUT2D eigenvalue weighted by Crippen LogP contribution is -3.15. The molecule has 1 amide bonds. The lowest BCUT2D eigenvalue weighted by Gasteiger charge is -2.29. The minimum absolute atomic E-state index is 0.0447. The van der Waals surface area contributed by atoms with Crippen LogP contribution in [0.3, 0.4) is 0 Å². The summed E-state index contributed by atoms with van der Waals surface area (Å²) in [7, 11) is 0. The Bertz CT molecular complexity index is 756. The van der Waals surface area contributed by atoms with Crippen LogP contribution < -0.4 is 14.8 Å². The average Bonchev–Trinajstić information content (AvgIpc) is 3.20. The minimum Gasteiger partial charge on any atom is -0.321 e. The maximum Gasteiger partial charge on any atom is 0.298 e. The fraction of sp³-hybridized carbons (Fsp3) is 0.350. The maximum atomic E-state index is 12.8. The topological polar surface area (TPSA) is 54.5 Å². The zero-order valence-electron chi connectivity index (χ0n) is 14.8. The number of H-pyrrole nitrogens is 1. The van der Waals surface area contributed by atoms with Crippen LogP contribution in [-0.4, -0.2) is 49.9 Å². The van der Waals surface area contributed by atoms with Gasteiger partial charge in [-0.15, -0.1) is 0 Å². The third-order valence-electron chi connectivity index (χ3n) is 5.17. The summed E-state index contributed by atoms with van der Waals surface area (Å²) < 4.78 is 0. The van der Waals surface area contributed by atoms with Crippen LogP contribution in [0.2, 0.25) is 0 Å². The maximum absolute atomic E-state index is 12.8. The van der Waals surface area contributed by atoms with Crippen LogP contribution in [0.15, 0.2) is 59.8 Å². The third-order valence-corrected chi connectivity index (χ3v) is 5.17. The molecule has 0 saturated carbocycles. The molecular formula is C20H25N5O+2. The number of aromatic nitrogens is 1. The molecule has 1 saturated heterocycles. The summed E-state index contributed by atoms with van der Waals surface area (Å²) in [6, 6.07) is 16.3. The number of nitrogens with zero attached hydrogens (tertiary/aromatic N) is 3. The first kappa shape index (κ1) is 16.7. The van der Waals surface area contributed by atoms with E-state index >= 15 is 0 Å². The summed E-state index contributed by atoms with van der Waals surface area (Å²) in [5.74, 6) is 1.26. The van der Waals surface area contributed by atoms with Crippen LogP contribution in [0.5, 0.6) is 0 Å². The number of rotatable bonds is 4. The van der Waals surface area contributed by atoms with Crippen LogP contribution in [0.1, 0.15) is 18.0 Å². The molecule has 4 rings (SSSR count). The van der Waals surface area contributed by atoms with Gasteiger partial charge in [0.1, 0.15) is 26.2 Å². The van der Waals surface area contributed by atoms with Crippen molar-refractivity contribution in [3.8, 4) is 0 Å². The number of benzene rings is 1. The summed E-state index contributed by atoms with van der Waals surface area (Å²) in [5.41, 5.74) is 1.15. The fourth-order valence-electron chi connectivity index (χ4n) is 3.72. The monoisotopic (exact) mass is 351 g/mol. The lowest BCUT2D eigenvalue weighted by molar-refractivity contribution is -0.893. The van der Waals surface area contributed by atoms with E-state index < -0.39 is 0 Å². The normalized spacial score (nSPS) is 20.5. The van der Waals surface area contributed by atoms with E-state index in [1.54, 1.807) is 5.01 Å². The molecule has 1 aromatic carbocycles. The van der Waals surface area contributed by atoms with Gasteiger partial charge in [-0.05, 0) is 11.6 Å². The van der Waals surface area contributed by atoms with E-state index in [1.807, 2.05) is 42.7 Å². The lowest BCUT2D eigenvalue weighted by atomic mass is 10.0. The Morgan fingerprint density at radius 1 is 1.12 bits per heavy atom. The molecule has 26 heavy (non-hydrogen) atoms. The molecule has 2 N–H and O–H groups in total. The molecule has 1 fully saturated rings. The Kier molecular flexibility index (Phi) is 4.93. The largest absolute Gasteiger partial charge is 0.321 e. The van der Waals surface area contributed by atoms with Gasteiger partial charge in [0, 0.05) is 18.7 Å². The number of anilines is 1. The SMILES string of the molecule is O=C(C[NH+]1CCN(c2cccc[nH+]2)CC1)N1N=CC[C@@H]1c1ccccc1. The molecule has 3 heterocycles. The van der Waals surface area contributed by atoms with Crippen molar-refractivity contribution in [2.24, 2.45) is 5.10 Å². The smallest absolute Gasteiger partial charge is 0.298 e. The quantitative estimate of drug-likeness (QED) is 0.854. The molecule has 1 atom stereocenters. The van der Waals surface area contributed by atoms with Gasteiger partial charge in [-0.3, -0.25) is 9.69 Å². The van der Waals surface area contributed by atoms with Crippen molar-refractivity contribution in [1.29, 1.82) is 0 Å². The first-order valence-electron chi connectivity index (χ1n) is 9.26. The standard InChI is InChI=1S/C20H23N5O/c26-20(25-18(9-11-22-25)17-6-2-1-3-7-17)16-23-12-14-24(15-13-23)19-8-4-5-10-21-19/h1-8,10-11,18H,9,12-16H2/p+2/t18-/m1/s1. The Labute approximate surface area is 153 Å². The minimum atomic E-state index is 0.0447. The van der Waals surface area contributed by atoms with Crippen molar-refractivity contribution in [3.05, 3.63) is 60.3 Å². The van der Waals surface area contributed by atoms with E-state index in [0.29, 0.717) is 6.54 Å². The predicted molar refractivity (Wildman–Crippen MR) is 99.9 cm³/mol. The number of carbonyl (C=O) groups excluding carboxylic acids is 1. The highest BCUT2D eigenvalue weighted by Gasteiger charge is 2.33. The van der Waals surface area contributed by atoms with Crippen molar-refractivity contribution in [2.75, 3.05) is 37.6 Å². The molecule has 2 aliphatic rings. The van der Waals surface area contributed by atoms with Crippen molar-refractivity contribution in [1.82, 2.24) is 5.01 Å². The van der Waals surface area contributed by atoms with E-state index in [2.05, 4.69) is 33.2 Å². The second-order valence-electron chi connectivity index (χ2n) is 6.86. The number of amides is 1. The Hall–Kier alpha value is -2.73. The number of nitrogens with one attached hydrogen (secondary N) is 2. The van der Waals surface area contributed by atoms with Crippen molar-refractivity contribution in [2.45, 2.75) is 12.5 Å². The van der Waals surface area contributed by atoms with Crippen LogP contribution in [-0.2, 0) is 4.79 Å². The van der Waals surface area contributed by atoms with Gasteiger partial charge in [-0.2, -0.15) is 5.10 Å². The highest BCUT2D eigenvalue weighted by molar-refractivity contribution is 5.80. The van der Waals surface area contributed by atoms with Crippen LogP contribution in [0.4, 0.5) is 5.82 Å². The molecule has 0 bridgehead atoms. The van der Waals surface area contributed by atoms with Gasteiger partial charge >= 0.3 is 0 Å². The van der Waals surface area contributed by atoms with Gasteiger partial charge in [0.15, 0.2) is 6.54 Å². The molecular weight excluding hydrogens is 326 g/mol. The second kappa shape index (κ2) is 7.66. The Morgan fingerprint density at radius 3 is 2.62 bits per heavy atom. The summed E-state index contributed by atoms with van der Waals surface area (Å²) in [6.07, 6.45) is 4.60. The van der Waals surface area contributed by atoms with E-state index in [-0.39, 0.29) is 11.9 Å². The summed E-state index contributed by atoms with van der Waals surface area (Å²) in [6.45, 7) is 4.33. The van der Waals surface area contributed by atoms with Crippen molar-refractivity contribution in [3.63, 3.8) is 0 Å². The zero-order valence-corrected chi connectivity index (χ0v) is 14.8. The average molecular weight is 351 g/mol. The van der Waals surface area contributed by atoms with Crippen LogP contribution in [0, 0.1) is 0 Å². The Balaban J connectivity index is 1.33.